The summed E-state index contributed by atoms with van der Waals surface area (Å²) in [5.41, 5.74) is 0. The van der Waals surface area contributed by atoms with Crippen LogP contribution in [0.2, 0.25) is 0 Å². The van der Waals surface area contributed by atoms with Gasteiger partial charge in [0, 0.05) is 14.1 Å². The molecule has 0 heterocycles. The first-order chi connectivity index (χ1) is 2.81. The molecule has 4 heteroatoms. The summed E-state index contributed by atoms with van der Waals surface area (Å²) in [6, 6.07) is 0. The van der Waals surface area contributed by atoms with E-state index in [2.05, 4.69) is 0 Å². The summed E-state index contributed by atoms with van der Waals surface area (Å²) < 4.78 is 13.5. The lowest BCUT2D eigenvalue weighted by Gasteiger charge is -1.57. The lowest BCUT2D eigenvalue weighted by Crippen LogP contribution is -2.00. The standard InChI is InChI=1S/B4H6/c1-3-4-2/h3-4H,1-2H2/i1T,3D. The molecule has 0 amide bonds. The molecule has 0 aromatic carbocycles. The molecule has 0 saturated carbocycles. The summed E-state index contributed by atoms with van der Waals surface area (Å²) in [4.78, 5) is 0. The van der Waals surface area contributed by atoms with E-state index in [4.69, 9.17) is 2.67 Å². The van der Waals surface area contributed by atoms with Crippen molar-refractivity contribution in [3.63, 3.8) is 0 Å². The topological polar surface area (TPSA) is 0 Å². The first-order valence-corrected chi connectivity index (χ1v) is 1.52. The fraction of sp³-hybridized carbons (Fsp3) is 0. The fourth-order valence-corrected chi connectivity index (χ4v) is 0. The molecule has 0 saturated heterocycles. The van der Waals surface area contributed by atoms with Gasteiger partial charge in [-0.3, -0.25) is 0 Å². The lowest BCUT2D eigenvalue weighted by atomic mass is 9.19. The second-order valence-electron chi connectivity index (χ2n) is 0.697. The molecule has 0 bridgehead atoms. The highest BCUT2D eigenvalue weighted by Gasteiger charge is 1.67. The molecule has 0 aliphatic rings. The molecule has 0 atom stereocenters. The van der Waals surface area contributed by atoms with Crippen LogP contribution >= 0.6 is 0 Å². The minimum Gasteiger partial charge on any atom is -0.0375 e. The minimum atomic E-state index is -0.148. The van der Waals surface area contributed by atoms with E-state index < -0.39 is 0 Å². The van der Waals surface area contributed by atoms with Gasteiger partial charge < -0.3 is 0 Å². The van der Waals surface area contributed by atoms with Crippen LogP contribution in [0.15, 0.2) is 0 Å². The molecule has 0 unspecified atom stereocenters. The zero-order chi connectivity index (χ0) is 4.99. The van der Waals surface area contributed by atoms with E-state index in [1.54, 1.807) is 0 Å². The van der Waals surface area contributed by atoms with Gasteiger partial charge in [0.1, 0.15) is 0 Å². The highest BCUT2D eigenvalue weighted by atomic mass is 12.4. The summed E-state index contributed by atoms with van der Waals surface area (Å²) in [5.74, 6) is 0. The Bertz CT molecular complexity index is 24.7. The van der Waals surface area contributed by atoms with Gasteiger partial charge in [-0.25, -0.2) is 0 Å². The van der Waals surface area contributed by atoms with E-state index in [1.165, 1.54) is 0 Å². The Labute approximate surface area is 33.3 Å². The van der Waals surface area contributed by atoms with E-state index in [0.717, 1.165) is 7.06 Å². The van der Waals surface area contributed by atoms with Crippen LogP contribution < -0.4 is 0 Å². The Morgan fingerprint density at radius 3 is 3.25 bits per heavy atom. The minimum absolute atomic E-state index is 0.148. The van der Waals surface area contributed by atoms with Crippen LogP contribution in [0.3, 0.4) is 0 Å². The average Bonchev–Trinajstić information content (AvgIpc) is 1.65. The van der Waals surface area contributed by atoms with Crippen LogP contribution in [0, 0.1) is 0 Å². The van der Waals surface area contributed by atoms with Crippen molar-refractivity contribution in [3.8, 4) is 0 Å². The molecule has 0 N–H and O–H groups in total. The third-order valence-electron chi connectivity index (χ3n) is 0.289. The van der Waals surface area contributed by atoms with Crippen molar-refractivity contribution in [2.75, 3.05) is 0 Å². The van der Waals surface area contributed by atoms with Crippen LogP contribution in [-0.4, -0.2) is 32.2 Å². The van der Waals surface area contributed by atoms with Gasteiger partial charge in [0.15, 0.2) is 0 Å². The average molecular weight is 52.3 g/mol. The van der Waals surface area contributed by atoms with E-state index in [9.17, 15) is 0 Å². The maximum Gasteiger partial charge on any atom is 0.0598 e. The van der Waals surface area contributed by atoms with Crippen molar-refractivity contribution in [2.45, 2.75) is 0 Å². The highest BCUT2D eigenvalue weighted by molar-refractivity contribution is 7.37. The Balaban J connectivity index is 2.75. The molecule has 0 fully saturated rings. The van der Waals surface area contributed by atoms with Crippen molar-refractivity contribution < 1.29 is 0 Å². The molecule has 4 heavy (non-hydrogen) atoms. The largest absolute Gasteiger partial charge is 0.0598 e. The number of hydrogen-bond donors (Lipinski definition) is 0. The summed E-state index contributed by atoms with van der Waals surface area (Å²) in [7, 11) is 2.83. The van der Waals surface area contributed by atoms with E-state index in [-0.39, 0.29) is 14.7 Å². The maximum absolute atomic E-state index is 6.88. The molecule has 18 valence electrons. The summed E-state index contributed by atoms with van der Waals surface area (Å²) in [5, 5.41) is 0. The zero-order valence-electron chi connectivity index (χ0n) is 4.99. The van der Waals surface area contributed by atoms with Gasteiger partial charge in [0.25, 0.3) is 0 Å². The van der Waals surface area contributed by atoms with E-state index >= 15 is 0 Å². The predicted molar refractivity (Wildman–Crippen MR) is 31.4 cm³/mol. The fourth-order valence-electron chi connectivity index (χ4n) is 0. The second kappa shape index (κ2) is 3.26. The summed E-state index contributed by atoms with van der Waals surface area (Å²) >= 11 is 0. The molecule has 0 aliphatic heterocycles. The summed E-state index contributed by atoms with van der Waals surface area (Å²) in [6.07, 6.45) is 0. The van der Waals surface area contributed by atoms with E-state index in [0.29, 0.717) is 0 Å². The quantitative estimate of drug-likeness (QED) is 0.291. The van der Waals surface area contributed by atoms with Gasteiger partial charge in [-0.15, -0.1) is 0 Å². The molecule has 0 aromatic heterocycles. The van der Waals surface area contributed by atoms with Crippen molar-refractivity contribution in [2.24, 2.45) is 0 Å². The van der Waals surface area contributed by atoms with Crippen molar-refractivity contribution in [1.29, 1.82) is 2.67 Å². The SMILES string of the molecule is [2H]B(B[3H])BB. The molecule has 0 spiro atoms. The second-order valence-corrected chi connectivity index (χ2v) is 0.697. The third-order valence-corrected chi connectivity index (χ3v) is 0.289. The Kier molecular flexibility index (Phi) is 1.33. The highest BCUT2D eigenvalue weighted by Crippen LogP contribution is 1.24. The third kappa shape index (κ3) is 2.26. The van der Waals surface area contributed by atoms with Gasteiger partial charge in [-0.05, 0) is 2.67 Å². The van der Waals surface area contributed by atoms with Crippen LogP contribution in [-0.2, 0) is 0 Å². The number of rotatable bonds is 2. The Hall–Kier alpha value is 0.260. The Morgan fingerprint density at radius 1 is 2.50 bits per heavy atom. The van der Waals surface area contributed by atoms with Crippen molar-refractivity contribution >= 4 is 29.5 Å². The van der Waals surface area contributed by atoms with Gasteiger partial charge >= 0.3 is 0 Å². The van der Waals surface area contributed by atoms with Crippen molar-refractivity contribution in [3.05, 3.63) is 0 Å². The first kappa shape index (κ1) is 1.64. The molecule has 0 aromatic rings. The maximum atomic E-state index is 6.88. The normalized spacial score (nSPS) is 11.0. The summed E-state index contributed by atoms with van der Waals surface area (Å²) in [6.45, 7) is 0. The first-order valence-electron chi connectivity index (χ1n) is 2.81. The van der Waals surface area contributed by atoms with Crippen molar-refractivity contribution in [1.82, 2.24) is 0 Å². The van der Waals surface area contributed by atoms with E-state index in [1.807, 2.05) is 7.74 Å². The predicted octanol–water partition coefficient (Wildman–Crippen LogP) is -3.13. The zero-order valence-corrected chi connectivity index (χ0v) is 2.99. The van der Waals surface area contributed by atoms with Crippen LogP contribution in [0.4, 0.5) is 0 Å². The van der Waals surface area contributed by atoms with Gasteiger partial charge in [-0.1, -0.05) is 0 Å². The van der Waals surface area contributed by atoms with Gasteiger partial charge in [0.05, 0.1) is 15.4 Å². The molecule has 0 radical (unpaired) electrons. The van der Waals surface area contributed by atoms with Crippen LogP contribution in [0.5, 0.6) is 0 Å². The Morgan fingerprint density at radius 2 is 3.25 bits per heavy atom. The lowest BCUT2D eigenvalue weighted by molar-refractivity contribution is 4.14. The molecular weight excluding hydrogens is 43.2 g/mol. The molecule has 0 nitrogen and oxygen atoms in total. The van der Waals surface area contributed by atoms with Gasteiger partial charge in [0.2, 0.25) is 0 Å². The van der Waals surface area contributed by atoms with Gasteiger partial charge in [-0.2, -0.15) is 0 Å². The molecule has 0 rings (SSSR count). The van der Waals surface area contributed by atoms with Crippen LogP contribution in [0.25, 0.3) is 0 Å². The molecule has 0 aliphatic carbocycles. The van der Waals surface area contributed by atoms with Crippen LogP contribution in [0.1, 0.15) is 0 Å². The molecular formula is H6B4. The smallest absolute Gasteiger partial charge is 0.0375 e. The monoisotopic (exact) mass is 53.1 g/mol. The number of hydrogen-bond acceptors (Lipinski definition) is 0.